The zero-order chi connectivity index (χ0) is 24.3. The van der Waals surface area contributed by atoms with Gasteiger partial charge < -0.3 is 0 Å². The fourth-order valence-corrected chi connectivity index (χ4v) is 2.79. The van der Waals surface area contributed by atoms with Gasteiger partial charge in [0.2, 0.25) is 0 Å². The number of ketones is 1. The van der Waals surface area contributed by atoms with Crippen LogP contribution < -0.4 is 0 Å². The van der Waals surface area contributed by atoms with E-state index in [1.807, 2.05) is 0 Å². The van der Waals surface area contributed by atoms with Crippen LogP contribution in [-0.2, 0) is 31.2 Å². The van der Waals surface area contributed by atoms with Crippen LogP contribution in [0.15, 0.2) is 36.5 Å². The molecule has 32 heavy (non-hydrogen) atoms. The van der Waals surface area contributed by atoms with Gasteiger partial charge >= 0.3 is 12.4 Å². The molecule has 13 heteroatoms. The van der Waals surface area contributed by atoms with Crippen molar-refractivity contribution in [2.24, 2.45) is 14.1 Å². The molecular weight excluding hydrogens is 485 g/mol. The number of halogens is 8. The van der Waals surface area contributed by atoms with Crippen LogP contribution in [0.2, 0.25) is 10.3 Å². The highest BCUT2D eigenvalue weighted by atomic mass is 35.5. The largest absolute Gasteiger partial charge is 0.435 e. The Kier molecular flexibility index (Phi) is 7.79. The van der Waals surface area contributed by atoms with E-state index in [2.05, 4.69) is 10.2 Å². The highest BCUT2D eigenvalue weighted by Gasteiger charge is 2.38. The van der Waals surface area contributed by atoms with Crippen molar-refractivity contribution in [2.75, 3.05) is 0 Å². The second-order valence-corrected chi connectivity index (χ2v) is 6.90. The monoisotopic (exact) mass is 498 g/mol. The SMILES string of the molecule is Cn1nc(C(F)(F)F)c(/C=C/C=C/C(=O)/C=C/C=C/c2c(C(F)(F)F)nn(C)c2Cl)c1Cl. The Balaban J connectivity index is 2.07. The van der Waals surface area contributed by atoms with E-state index in [-0.39, 0.29) is 21.4 Å². The van der Waals surface area contributed by atoms with E-state index in [4.69, 9.17) is 23.2 Å². The predicted octanol–water partition coefficient (Wildman–Crippen LogP) is 5.91. The van der Waals surface area contributed by atoms with Crippen molar-refractivity contribution in [3.05, 3.63) is 69.3 Å². The second kappa shape index (κ2) is 9.78. The van der Waals surface area contributed by atoms with Crippen LogP contribution in [-0.4, -0.2) is 25.3 Å². The molecule has 0 saturated carbocycles. The minimum Gasteiger partial charge on any atom is -0.290 e. The zero-order valence-electron chi connectivity index (χ0n) is 16.3. The summed E-state index contributed by atoms with van der Waals surface area (Å²) in [4.78, 5) is 11.8. The number of aromatic nitrogens is 4. The Hall–Kier alpha value is -2.79. The molecule has 172 valence electrons. The number of nitrogens with zero attached hydrogens (tertiary/aromatic N) is 4. The first-order valence-electron chi connectivity index (χ1n) is 8.56. The lowest BCUT2D eigenvalue weighted by atomic mass is 10.2. The average Bonchev–Trinajstić information content (AvgIpc) is 3.13. The summed E-state index contributed by atoms with van der Waals surface area (Å²) in [5.41, 5.74) is -3.05. The van der Waals surface area contributed by atoms with Crippen molar-refractivity contribution in [3.63, 3.8) is 0 Å². The molecule has 0 amide bonds. The molecule has 0 aliphatic rings. The van der Waals surface area contributed by atoms with E-state index in [1.54, 1.807) is 0 Å². The summed E-state index contributed by atoms with van der Waals surface area (Å²) in [5.74, 6) is -0.569. The van der Waals surface area contributed by atoms with Crippen LogP contribution in [0.25, 0.3) is 12.2 Å². The first-order chi connectivity index (χ1) is 14.7. The fraction of sp³-hybridized carbons (Fsp3) is 0.211. The van der Waals surface area contributed by atoms with Gasteiger partial charge in [-0.1, -0.05) is 47.5 Å². The Morgan fingerprint density at radius 3 is 1.41 bits per heavy atom. The standard InChI is InChI=1S/C19H14Cl2F6N4O/c1-30-16(20)12(14(28-30)18(22,23)24)9-5-3-7-11(32)8-4-6-10-13-15(19(25,26)27)29-31(2)17(13)21/h3-10H,1-2H3/b7-3+,8-4+,9-5+,10-6+. The van der Waals surface area contributed by atoms with Crippen LogP contribution in [0, 0.1) is 0 Å². The van der Waals surface area contributed by atoms with Crippen molar-refractivity contribution < 1.29 is 31.1 Å². The maximum absolute atomic E-state index is 13.0. The van der Waals surface area contributed by atoms with E-state index < -0.39 is 29.5 Å². The van der Waals surface area contributed by atoms with E-state index in [0.717, 1.165) is 33.7 Å². The third-order valence-electron chi connectivity index (χ3n) is 3.83. The van der Waals surface area contributed by atoms with Gasteiger partial charge in [-0.05, 0) is 24.3 Å². The quantitative estimate of drug-likeness (QED) is 0.282. The Morgan fingerprint density at radius 1 is 0.750 bits per heavy atom. The Bertz CT molecular complexity index is 1030. The van der Waals surface area contributed by atoms with Crippen molar-refractivity contribution in [1.82, 2.24) is 19.6 Å². The van der Waals surface area contributed by atoms with Crippen molar-refractivity contribution in [2.45, 2.75) is 12.4 Å². The summed E-state index contributed by atoms with van der Waals surface area (Å²) in [5, 5.41) is 6.16. The van der Waals surface area contributed by atoms with Crippen LogP contribution in [0.5, 0.6) is 0 Å². The summed E-state index contributed by atoms with van der Waals surface area (Å²) in [6.07, 6.45) is -0.532. The maximum atomic E-state index is 13.0. The number of carbonyl (C=O) groups is 1. The molecule has 0 unspecified atom stereocenters. The Labute approximate surface area is 187 Å². The molecule has 0 aromatic carbocycles. The second-order valence-electron chi connectivity index (χ2n) is 6.19. The lowest BCUT2D eigenvalue weighted by molar-refractivity contribution is -0.142. The topological polar surface area (TPSA) is 52.7 Å². The highest BCUT2D eigenvalue weighted by Crippen LogP contribution is 2.35. The van der Waals surface area contributed by atoms with Gasteiger partial charge in [0.05, 0.1) is 0 Å². The number of hydrogen-bond acceptors (Lipinski definition) is 3. The summed E-state index contributed by atoms with van der Waals surface area (Å²) in [7, 11) is 2.51. The molecule has 0 radical (unpaired) electrons. The van der Waals surface area contributed by atoms with Crippen molar-refractivity contribution >= 4 is 41.1 Å². The van der Waals surface area contributed by atoms with Gasteiger partial charge in [0.25, 0.3) is 0 Å². The summed E-state index contributed by atoms with van der Waals surface area (Å²) in [6.45, 7) is 0. The maximum Gasteiger partial charge on any atom is 0.435 e. The number of hydrogen-bond donors (Lipinski definition) is 0. The molecule has 0 saturated heterocycles. The summed E-state index contributed by atoms with van der Waals surface area (Å²) >= 11 is 11.6. The minimum absolute atomic E-state index is 0.231. The lowest BCUT2D eigenvalue weighted by Crippen LogP contribution is -2.08. The molecule has 2 aromatic heterocycles. The molecule has 0 aliphatic carbocycles. The summed E-state index contributed by atoms with van der Waals surface area (Å²) < 4.78 is 79.5. The first-order valence-corrected chi connectivity index (χ1v) is 9.32. The Morgan fingerprint density at radius 2 is 1.09 bits per heavy atom. The average molecular weight is 499 g/mol. The van der Waals surface area contributed by atoms with Gasteiger partial charge in [-0.25, -0.2) is 0 Å². The number of carbonyl (C=O) groups excluding carboxylic acids is 1. The van der Waals surface area contributed by atoms with Gasteiger partial charge in [-0.15, -0.1) is 0 Å². The number of alkyl halides is 6. The molecule has 0 bridgehead atoms. The van der Waals surface area contributed by atoms with E-state index in [9.17, 15) is 31.1 Å². The van der Waals surface area contributed by atoms with E-state index >= 15 is 0 Å². The van der Waals surface area contributed by atoms with Crippen LogP contribution in [0.1, 0.15) is 22.5 Å². The zero-order valence-corrected chi connectivity index (χ0v) is 17.9. The number of rotatable bonds is 6. The third kappa shape index (κ3) is 6.13. The van der Waals surface area contributed by atoms with Gasteiger partial charge in [0.15, 0.2) is 17.2 Å². The van der Waals surface area contributed by atoms with Gasteiger partial charge in [0, 0.05) is 25.2 Å². The molecule has 2 rings (SSSR count). The van der Waals surface area contributed by atoms with Crippen LogP contribution in [0.3, 0.4) is 0 Å². The van der Waals surface area contributed by atoms with E-state index in [0.29, 0.717) is 0 Å². The third-order valence-corrected chi connectivity index (χ3v) is 4.73. The first kappa shape index (κ1) is 25.5. The normalized spacial score (nSPS) is 13.6. The fourth-order valence-electron chi connectivity index (χ4n) is 2.41. The number of allylic oxidation sites excluding steroid dienone is 6. The molecule has 0 atom stereocenters. The number of aryl methyl sites for hydroxylation is 2. The van der Waals surface area contributed by atoms with Crippen LogP contribution in [0.4, 0.5) is 26.3 Å². The van der Waals surface area contributed by atoms with Gasteiger partial charge in [0.1, 0.15) is 10.3 Å². The smallest absolute Gasteiger partial charge is 0.290 e. The van der Waals surface area contributed by atoms with E-state index in [1.165, 1.54) is 38.4 Å². The van der Waals surface area contributed by atoms with Gasteiger partial charge in [-0.2, -0.15) is 36.5 Å². The van der Waals surface area contributed by atoms with Gasteiger partial charge in [-0.3, -0.25) is 14.2 Å². The molecule has 5 nitrogen and oxygen atoms in total. The molecule has 0 spiro atoms. The van der Waals surface area contributed by atoms with Crippen molar-refractivity contribution in [1.29, 1.82) is 0 Å². The van der Waals surface area contributed by atoms with Crippen LogP contribution >= 0.6 is 23.2 Å². The molecular formula is C19H14Cl2F6N4O. The highest BCUT2D eigenvalue weighted by molar-refractivity contribution is 6.31. The minimum atomic E-state index is -4.71. The summed E-state index contributed by atoms with van der Waals surface area (Å²) in [6, 6.07) is 0. The molecule has 0 fully saturated rings. The molecule has 0 N–H and O–H groups in total. The van der Waals surface area contributed by atoms with Crippen molar-refractivity contribution in [3.8, 4) is 0 Å². The lowest BCUT2D eigenvalue weighted by Gasteiger charge is -2.02. The molecule has 2 heterocycles. The molecule has 2 aromatic rings. The predicted molar refractivity (Wildman–Crippen MR) is 108 cm³/mol. The molecule has 0 aliphatic heterocycles.